The fraction of sp³-hybridized carbons (Fsp3) is 0.190. The molecule has 0 unspecified atom stereocenters. The van der Waals surface area contributed by atoms with Gasteiger partial charge in [0.25, 0.3) is 5.91 Å². The number of esters is 1. The normalized spacial score (nSPS) is 10.5. The van der Waals surface area contributed by atoms with Crippen LogP contribution in [0, 0.1) is 11.3 Å². The molecule has 2 rings (SSSR count). The maximum Gasteiger partial charge on any atom is 0.350 e. The van der Waals surface area contributed by atoms with E-state index >= 15 is 0 Å². The quantitative estimate of drug-likeness (QED) is 0.412. The van der Waals surface area contributed by atoms with Gasteiger partial charge >= 0.3 is 5.97 Å². The maximum atomic E-state index is 12.3. The molecule has 2 N–H and O–H groups in total. The van der Waals surface area contributed by atoms with E-state index in [0.717, 1.165) is 5.75 Å². The van der Waals surface area contributed by atoms with Gasteiger partial charge in [0.15, 0.2) is 5.57 Å². The van der Waals surface area contributed by atoms with Crippen molar-refractivity contribution in [1.29, 1.82) is 5.26 Å². The number of amides is 1. The first kappa shape index (κ1) is 20.5. The minimum Gasteiger partial charge on any atom is -0.494 e. The van der Waals surface area contributed by atoms with Crippen LogP contribution in [-0.2, 0) is 9.53 Å². The lowest BCUT2D eigenvalue weighted by atomic mass is 10.2. The first-order chi connectivity index (χ1) is 13.6. The molecule has 0 aromatic heterocycles. The molecule has 0 bridgehead atoms. The van der Waals surface area contributed by atoms with Crippen LogP contribution in [0.15, 0.2) is 60.3 Å². The van der Waals surface area contributed by atoms with Crippen LogP contribution < -0.4 is 15.4 Å². The molecular formula is C21H21N3O4. The van der Waals surface area contributed by atoms with Crippen LogP contribution >= 0.6 is 0 Å². The van der Waals surface area contributed by atoms with Crippen LogP contribution in [0.25, 0.3) is 0 Å². The molecule has 7 heteroatoms. The van der Waals surface area contributed by atoms with Crippen molar-refractivity contribution >= 4 is 23.3 Å². The molecule has 2 aromatic carbocycles. The van der Waals surface area contributed by atoms with E-state index in [0.29, 0.717) is 23.5 Å². The van der Waals surface area contributed by atoms with Gasteiger partial charge in [-0.3, -0.25) is 4.79 Å². The minimum absolute atomic E-state index is 0.140. The Morgan fingerprint density at radius 2 is 1.64 bits per heavy atom. The molecule has 1 amide bonds. The Labute approximate surface area is 163 Å². The topological polar surface area (TPSA) is 100 Å². The fourth-order valence-corrected chi connectivity index (χ4v) is 2.22. The third-order valence-electron chi connectivity index (χ3n) is 3.57. The highest BCUT2D eigenvalue weighted by atomic mass is 16.5. The van der Waals surface area contributed by atoms with Crippen LogP contribution in [0.5, 0.6) is 5.75 Å². The zero-order valence-electron chi connectivity index (χ0n) is 15.7. The van der Waals surface area contributed by atoms with Crippen molar-refractivity contribution in [1.82, 2.24) is 0 Å². The number of anilines is 2. The average molecular weight is 379 g/mol. The highest BCUT2D eigenvalue weighted by Gasteiger charge is 2.10. The largest absolute Gasteiger partial charge is 0.494 e. The highest BCUT2D eigenvalue weighted by molar-refractivity contribution is 6.04. The lowest BCUT2D eigenvalue weighted by Gasteiger charge is -2.08. The molecule has 0 saturated heterocycles. The fourth-order valence-electron chi connectivity index (χ4n) is 2.22. The molecule has 0 spiro atoms. The van der Waals surface area contributed by atoms with E-state index < -0.39 is 5.97 Å². The predicted octanol–water partition coefficient (Wildman–Crippen LogP) is 3.72. The van der Waals surface area contributed by atoms with Gasteiger partial charge < -0.3 is 20.1 Å². The molecule has 0 heterocycles. The average Bonchev–Trinajstić information content (AvgIpc) is 2.71. The summed E-state index contributed by atoms with van der Waals surface area (Å²) in [5.41, 5.74) is 1.61. The van der Waals surface area contributed by atoms with E-state index in [1.807, 2.05) is 6.92 Å². The lowest BCUT2D eigenvalue weighted by Crippen LogP contribution is -2.11. The van der Waals surface area contributed by atoms with Gasteiger partial charge in [-0.2, -0.15) is 5.26 Å². The predicted molar refractivity (Wildman–Crippen MR) is 106 cm³/mol. The summed E-state index contributed by atoms with van der Waals surface area (Å²) in [6.45, 7) is 4.34. The van der Waals surface area contributed by atoms with Crippen LogP contribution in [0.4, 0.5) is 11.4 Å². The molecule has 0 atom stereocenters. The molecule has 7 nitrogen and oxygen atoms in total. The van der Waals surface area contributed by atoms with Crippen LogP contribution in [0.3, 0.4) is 0 Å². The number of hydrogen-bond acceptors (Lipinski definition) is 6. The van der Waals surface area contributed by atoms with E-state index in [2.05, 4.69) is 10.6 Å². The number of nitriles is 1. The van der Waals surface area contributed by atoms with Crippen molar-refractivity contribution in [2.75, 3.05) is 23.8 Å². The zero-order valence-corrected chi connectivity index (χ0v) is 15.7. The first-order valence-corrected chi connectivity index (χ1v) is 8.75. The van der Waals surface area contributed by atoms with Gasteiger partial charge in [0.2, 0.25) is 0 Å². The number of ether oxygens (including phenoxy) is 2. The molecule has 0 fully saturated rings. The van der Waals surface area contributed by atoms with E-state index in [-0.39, 0.29) is 18.1 Å². The van der Waals surface area contributed by atoms with E-state index in [9.17, 15) is 9.59 Å². The maximum absolute atomic E-state index is 12.3. The Balaban J connectivity index is 1.98. The Kier molecular flexibility index (Phi) is 7.61. The van der Waals surface area contributed by atoms with E-state index in [1.54, 1.807) is 61.5 Å². The SMILES string of the molecule is CCOC(=O)/C(C#N)=C/Nc1ccc(C(=O)Nc2ccc(OCC)cc2)cc1. The molecule has 28 heavy (non-hydrogen) atoms. The van der Waals surface area contributed by atoms with Crippen molar-refractivity contribution in [2.24, 2.45) is 0 Å². The second-order valence-electron chi connectivity index (χ2n) is 5.52. The molecule has 0 radical (unpaired) electrons. The summed E-state index contributed by atoms with van der Waals surface area (Å²) in [7, 11) is 0. The summed E-state index contributed by atoms with van der Waals surface area (Å²) in [5, 5.41) is 14.6. The second kappa shape index (κ2) is 10.4. The third-order valence-corrected chi connectivity index (χ3v) is 3.57. The molecule has 144 valence electrons. The Hall–Kier alpha value is -3.79. The zero-order chi connectivity index (χ0) is 20.4. The smallest absolute Gasteiger partial charge is 0.350 e. The van der Waals surface area contributed by atoms with Crippen molar-refractivity contribution in [3.05, 3.63) is 65.9 Å². The highest BCUT2D eigenvalue weighted by Crippen LogP contribution is 2.17. The van der Waals surface area contributed by atoms with Crippen molar-refractivity contribution in [3.8, 4) is 11.8 Å². The molecular weight excluding hydrogens is 358 g/mol. The molecule has 2 aromatic rings. The van der Waals surface area contributed by atoms with E-state index in [1.165, 1.54) is 6.20 Å². The van der Waals surface area contributed by atoms with Crippen LogP contribution in [0.1, 0.15) is 24.2 Å². The van der Waals surface area contributed by atoms with Crippen LogP contribution in [0.2, 0.25) is 0 Å². The monoisotopic (exact) mass is 379 g/mol. The van der Waals surface area contributed by atoms with Crippen molar-refractivity contribution in [2.45, 2.75) is 13.8 Å². The summed E-state index contributed by atoms with van der Waals surface area (Å²) < 4.78 is 10.1. The Morgan fingerprint density at radius 3 is 2.21 bits per heavy atom. The number of nitrogens with one attached hydrogen (secondary N) is 2. The summed E-state index contributed by atoms with van der Waals surface area (Å²) in [6.07, 6.45) is 1.27. The van der Waals surface area contributed by atoms with Crippen molar-refractivity contribution in [3.63, 3.8) is 0 Å². The standard InChI is InChI=1S/C21H21N3O4/c1-3-27-19-11-9-18(10-12-19)24-20(25)15-5-7-17(8-6-15)23-14-16(13-22)21(26)28-4-2/h5-12,14,23H,3-4H2,1-2H3,(H,24,25)/b16-14+. The molecule has 0 aliphatic heterocycles. The van der Waals surface area contributed by atoms with Gasteiger partial charge in [0, 0.05) is 23.1 Å². The number of carbonyl (C=O) groups is 2. The lowest BCUT2D eigenvalue weighted by molar-refractivity contribution is -0.138. The number of rotatable bonds is 8. The number of benzene rings is 2. The summed E-state index contributed by atoms with van der Waals surface area (Å²) in [4.78, 5) is 23.9. The summed E-state index contributed by atoms with van der Waals surface area (Å²) in [6, 6.07) is 15.5. The van der Waals surface area contributed by atoms with Crippen LogP contribution in [-0.4, -0.2) is 25.1 Å². The van der Waals surface area contributed by atoms with Gasteiger partial charge in [0.05, 0.1) is 13.2 Å². The number of hydrogen-bond donors (Lipinski definition) is 2. The number of nitrogens with zero attached hydrogens (tertiary/aromatic N) is 1. The Morgan fingerprint density at radius 1 is 1.00 bits per heavy atom. The first-order valence-electron chi connectivity index (χ1n) is 8.75. The van der Waals surface area contributed by atoms with Gasteiger partial charge in [0.1, 0.15) is 11.8 Å². The third kappa shape index (κ3) is 5.88. The second-order valence-corrected chi connectivity index (χ2v) is 5.52. The van der Waals surface area contributed by atoms with Gasteiger partial charge in [-0.1, -0.05) is 0 Å². The molecule has 0 aliphatic rings. The van der Waals surface area contributed by atoms with Crippen molar-refractivity contribution < 1.29 is 19.1 Å². The summed E-state index contributed by atoms with van der Waals surface area (Å²) in [5.74, 6) is -0.206. The number of carbonyl (C=O) groups excluding carboxylic acids is 2. The van der Waals surface area contributed by atoms with Gasteiger partial charge in [-0.25, -0.2) is 4.79 Å². The Bertz CT molecular complexity index is 881. The molecule has 0 saturated carbocycles. The van der Waals surface area contributed by atoms with Gasteiger partial charge in [-0.05, 0) is 62.4 Å². The minimum atomic E-state index is -0.691. The molecule has 0 aliphatic carbocycles. The van der Waals surface area contributed by atoms with Gasteiger partial charge in [-0.15, -0.1) is 0 Å². The summed E-state index contributed by atoms with van der Waals surface area (Å²) >= 11 is 0. The van der Waals surface area contributed by atoms with E-state index in [4.69, 9.17) is 14.7 Å².